The maximum absolute atomic E-state index is 12.5. The Morgan fingerprint density at radius 1 is 1.07 bits per heavy atom. The molecular weight excluding hydrogens is 384 g/mol. The topological polar surface area (TPSA) is 105 Å². The van der Waals surface area contributed by atoms with Crippen molar-refractivity contribution in [2.45, 2.75) is 39.2 Å². The van der Waals surface area contributed by atoms with E-state index in [1.807, 2.05) is 24.3 Å². The SMILES string of the molecule is CC(C)(C)OC(=O)Nc1cccc(C(=O)CCc2ccc(/C=C/C(=O)NO)cc2)c1. The van der Waals surface area contributed by atoms with Crippen molar-refractivity contribution in [1.29, 1.82) is 0 Å². The van der Waals surface area contributed by atoms with Crippen molar-refractivity contribution in [1.82, 2.24) is 5.48 Å². The van der Waals surface area contributed by atoms with Crippen molar-refractivity contribution >= 4 is 29.5 Å². The lowest BCUT2D eigenvalue weighted by molar-refractivity contribution is -0.124. The number of hydrogen-bond acceptors (Lipinski definition) is 5. The molecule has 0 aromatic heterocycles. The van der Waals surface area contributed by atoms with Gasteiger partial charge >= 0.3 is 6.09 Å². The summed E-state index contributed by atoms with van der Waals surface area (Å²) in [5.41, 5.74) is 3.72. The first kappa shape index (κ1) is 22.8. The van der Waals surface area contributed by atoms with Crippen molar-refractivity contribution in [3.63, 3.8) is 0 Å². The van der Waals surface area contributed by atoms with Crippen LogP contribution in [0.3, 0.4) is 0 Å². The minimum absolute atomic E-state index is 0.0357. The zero-order chi connectivity index (χ0) is 22.1. The molecule has 30 heavy (non-hydrogen) atoms. The van der Waals surface area contributed by atoms with E-state index in [1.54, 1.807) is 51.1 Å². The van der Waals surface area contributed by atoms with E-state index in [9.17, 15) is 14.4 Å². The second-order valence-electron chi connectivity index (χ2n) is 7.68. The summed E-state index contributed by atoms with van der Waals surface area (Å²) in [5.74, 6) is -0.639. The number of hydroxylamine groups is 1. The van der Waals surface area contributed by atoms with E-state index in [0.717, 1.165) is 11.1 Å². The van der Waals surface area contributed by atoms with Crippen LogP contribution >= 0.6 is 0 Å². The van der Waals surface area contributed by atoms with Crippen LogP contribution in [-0.4, -0.2) is 28.6 Å². The van der Waals surface area contributed by atoms with Gasteiger partial charge in [-0.25, -0.2) is 10.3 Å². The summed E-state index contributed by atoms with van der Waals surface area (Å²) in [7, 11) is 0. The van der Waals surface area contributed by atoms with Gasteiger partial charge in [-0.2, -0.15) is 0 Å². The molecule has 0 spiro atoms. The van der Waals surface area contributed by atoms with Gasteiger partial charge in [-0.05, 0) is 56.5 Å². The van der Waals surface area contributed by atoms with Gasteiger partial charge in [0.15, 0.2) is 5.78 Å². The van der Waals surface area contributed by atoms with Crippen LogP contribution in [0.1, 0.15) is 48.7 Å². The van der Waals surface area contributed by atoms with Gasteiger partial charge in [0.2, 0.25) is 0 Å². The zero-order valence-corrected chi connectivity index (χ0v) is 17.3. The molecule has 7 nitrogen and oxygen atoms in total. The van der Waals surface area contributed by atoms with E-state index in [4.69, 9.17) is 9.94 Å². The number of benzene rings is 2. The first-order valence-corrected chi connectivity index (χ1v) is 9.50. The number of amides is 2. The number of aryl methyl sites for hydroxylation is 1. The Bertz CT molecular complexity index is 927. The standard InChI is InChI=1S/C23H26N2O5/c1-23(2,3)30-22(28)24-19-6-4-5-18(15-19)20(26)13-11-16-7-9-17(10-8-16)12-14-21(27)25-29/h4-10,12,14-15,29H,11,13H2,1-3H3,(H,24,28)(H,25,27)/b14-12+. The minimum atomic E-state index is -0.604. The van der Waals surface area contributed by atoms with E-state index in [2.05, 4.69) is 5.32 Å². The third-order valence-electron chi connectivity index (χ3n) is 3.99. The van der Waals surface area contributed by atoms with Gasteiger partial charge in [-0.1, -0.05) is 36.4 Å². The normalized spacial score (nSPS) is 11.2. The molecule has 0 aliphatic carbocycles. The molecule has 0 radical (unpaired) electrons. The smallest absolute Gasteiger partial charge is 0.412 e. The van der Waals surface area contributed by atoms with Crippen LogP contribution in [0.25, 0.3) is 6.08 Å². The fourth-order valence-corrected chi connectivity index (χ4v) is 2.60. The average molecular weight is 410 g/mol. The van der Waals surface area contributed by atoms with Gasteiger partial charge in [0, 0.05) is 23.7 Å². The lowest BCUT2D eigenvalue weighted by Gasteiger charge is -2.19. The van der Waals surface area contributed by atoms with Gasteiger partial charge in [-0.3, -0.25) is 20.1 Å². The highest BCUT2D eigenvalue weighted by Crippen LogP contribution is 2.16. The highest BCUT2D eigenvalue weighted by atomic mass is 16.6. The Labute approximate surface area is 175 Å². The number of carbonyl (C=O) groups excluding carboxylic acids is 3. The van der Waals surface area contributed by atoms with Gasteiger partial charge in [0.05, 0.1) is 0 Å². The van der Waals surface area contributed by atoms with Crippen LogP contribution in [-0.2, 0) is 16.0 Å². The molecule has 0 saturated carbocycles. The number of ketones is 1. The molecule has 2 amide bonds. The van der Waals surface area contributed by atoms with Crippen molar-refractivity contribution in [2.75, 3.05) is 5.32 Å². The average Bonchev–Trinajstić information content (AvgIpc) is 2.69. The predicted octanol–water partition coefficient (Wildman–Crippen LogP) is 4.37. The van der Waals surface area contributed by atoms with E-state index in [1.165, 1.54) is 11.6 Å². The maximum Gasteiger partial charge on any atom is 0.412 e. The van der Waals surface area contributed by atoms with Gasteiger partial charge in [-0.15, -0.1) is 0 Å². The molecule has 0 unspecified atom stereocenters. The van der Waals surface area contributed by atoms with E-state index >= 15 is 0 Å². The second-order valence-corrected chi connectivity index (χ2v) is 7.68. The van der Waals surface area contributed by atoms with Crippen molar-refractivity contribution in [3.8, 4) is 0 Å². The molecule has 0 aliphatic rings. The summed E-state index contributed by atoms with van der Waals surface area (Å²) in [5, 5.41) is 11.1. The summed E-state index contributed by atoms with van der Waals surface area (Å²) >= 11 is 0. The van der Waals surface area contributed by atoms with Crippen LogP contribution in [0, 0.1) is 0 Å². The Balaban J connectivity index is 1.93. The summed E-state index contributed by atoms with van der Waals surface area (Å²) in [6.45, 7) is 5.34. The molecular formula is C23H26N2O5. The monoisotopic (exact) mass is 410 g/mol. The van der Waals surface area contributed by atoms with E-state index in [0.29, 0.717) is 24.1 Å². The molecule has 0 heterocycles. The first-order valence-electron chi connectivity index (χ1n) is 9.50. The molecule has 2 aromatic carbocycles. The summed E-state index contributed by atoms with van der Waals surface area (Å²) in [6.07, 6.45) is 3.10. The Morgan fingerprint density at radius 3 is 2.40 bits per heavy atom. The van der Waals surface area contributed by atoms with E-state index < -0.39 is 17.6 Å². The molecule has 0 saturated heterocycles. The molecule has 7 heteroatoms. The van der Waals surface area contributed by atoms with Crippen molar-refractivity contribution in [3.05, 3.63) is 71.3 Å². The van der Waals surface area contributed by atoms with Crippen LogP contribution in [0.2, 0.25) is 0 Å². The Kier molecular flexibility index (Phi) is 7.89. The second kappa shape index (κ2) is 10.4. The number of Topliss-reactive ketones (excluding diaryl/α,β-unsaturated/α-hetero) is 1. The van der Waals surface area contributed by atoms with Crippen LogP contribution in [0.15, 0.2) is 54.6 Å². The number of carbonyl (C=O) groups is 3. The van der Waals surface area contributed by atoms with E-state index in [-0.39, 0.29) is 5.78 Å². The number of hydrogen-bond donors (Lipinski definition) is 3. The molecule has 3 N–H and O–H groups in total. The molecule has 2 rings (SSSR count). The Morgan fingerprint density at radius 2 is 1.77 bits per heavy atom. The number of rotatable bonds is 7. The summed E-state index contributed by atoms with van der Waals surface area (Å²) < 4.78 is 5.22. The lowest BCUT2D eigenvalue weighted by Crippen LogP contribution is -2.27. The molecule has 0 atom stereocenters. The third kappa shape index (κ3) is 7.89. The lowest BCUT2D eigenvalue weighted by atomic mass is 10.0. The molecule has 0 bridgehead atoms. The fourth-order valence-electron chi connectivity index (χ4n) is 2.60. The molecule has 0 aliphatic heterocycles. The highest BCUT2D eigenvalue weighted by Gasteiger charge is 2.16. The molecule has 2 aromatic rings. The van der Waals surface area contributed by atoms with Crippen LogP contribution in [0.5, 0.6) is 0 Å². The Hall–Kier alpha value is -3.45. The number of nitrogens with one attached hydrogen (secondary N) is 2. The van der Waals surface area contributed by atoms with Gasteiger partial charge < -0.3 is 4.74 Å². The summed E-state index contributed by atoms with van der Waals surface area (Å²) in [4.78, 5) is 35.4. The number of ether oxygens (including phenoxy) is 1. The fraction of sp³-hybridized carbons (Fsp3) is 0.261. The van der Waals surface area contributed by atoms with Crippen LogP contribution < -0.4 is 10.8 Å². The van der Waals surface area contributed by atoms with Gasteiger partial charge in [0.1, 0.15) is 5.60 Å². The van der Waals surface area contributed by atoms with Crippen molar-refractivity contribution in [2.24, 2.45) is 0 Å². The quantitative estimate of drug-likeness (QED) is 0.272. The summed E-state index contributed by atoms with van der Waals surface area (Å²) in [6, 6.07) is 14.2. The number of anilines is 1. The minimum Gasteiger partial charge on any atom is -0.444 e. The van der Waals surface area contributed by atoms with Crippen molar-refractivity contribution < 1.29 is 24.3 Å². The highest BCUT2D eigenvalue weighted by molar-refractivity contribution is 5.98. The largest absolute Gasteiger partial charge is 0.444 e. The van der Waals surface area contributed by atoms with Crippen LogP contribution in [0.4, 0.5) is 10.5 Å². The van der Waals surface area contributed by atoms with Gasteiger partial charge in [0.25, 0.3) is 5.91 Å². The maximum atomic E-state index is 12.5. The zero-order valence-electron chi connectivity index (χ0n) is 17.3. The third-order valence-corrected chi connectivity index (χ3v) is 3.99. The predicted molar refractivity (Wildman–Crippen MR) is 114 cm³/mol. The molecule has 158 valence electrons. The molecule has 0 fully saturated rings. The first-order chi connectivity index (χ1) is 14.2.